The van der Waals surface area contributed by atoms with E-state index in [0.717, 1.165) is 0 Å². The summed E-state index contributed by atoms with van der Waals surface area (Å²) in [6.07, 6.45) is 4.03. The van der Waals surface area contributed by atoms with Gasteiger partial charge in [0.25, 0.3) is 5.95 Å². The summed E-state index contributed by atoms with van der Waals surface area (Å²) in [5, 5.41) is 20.6. The molecule has 0 saturated heterocycles. The number of urea groups is 1. The largest absolute Gasteiger partial charge is 0.476 e. The van der Waals surface area contributed by atoms with Crippen molar-refractivity contribution in [2.24, 2.45) is 0 Å². The first-order valence-corrected chi connectivity index (χ1v) is 5.07. The Hall–Kier alpha value is -3.10. The summed E-state index contributed by atoms with van der Waals surface area (Å²) < 4.78 is 0. The molecule has 0 aliphatic carbocycles. The summed E-state index contributed by atoms with van der Waals surface area (Å²) in [5.41, 5.74) is -0.193. The summed E-state index contributed by atoms with van der Waals surface area (Å²) in [7, 11) is 0. The molecule has 0 unspecified atom stereocenters. The van der Waals surface area contributed by atoms with E-state index < -0.39 is 12.0 Å². The second-order valence-corrected chi connectivity index (χ2v) is 3.25. The minimum absolute atomic E-state index is 0.000709. The van der Waals surface area contributed by atoms with Gasteiger partial charge in [0.1, 0.15) is 0 Å². The molecule has 0 atom stereocenters. The number of nitrogens with zero attached hydrogens (tertiary/aromatic N) is 4. The van der Waals surface area contributed by atoms with Crippen molar-refractivity contribution in [3.05, 3.63) is 36.4 Å². The zero-order valence-electron chi connectivity index (χ0n) is 9.44. The fourth-order valence-corrected chi connectivity index (χ4v) is 1.24. The van der Waals surface area contributed by atoms with E-state index in [1.165, 1.54) is 30.7 Å². The molecule has 2 heterocycles. The fourth-order valence-electron chi connectivity index (χ4n) is 1.24. The van der Waals surface area contributed by atoms with Gasteiger partial charge in [-0.15, -0.1) is 5.10 Å². The molecule has 2 amide bonds. The Morgan fingerprint density at radius 1 is 1.11 bits per heavy atom. The highest BCUT2D eigenvalue weighted by molar-refractivity contribution is 6.03. The first-order chi connectivity index (χ1) is 9.16. The standard InChI is InChI=1S/C10H8N6O3/c17-8(18)7-6(2-1-3-11-7)14-10(19)15-9-12-4-5-13-16-9/h1-5H,(H,17,18)(H2,12,14,15,16,19). The van der Waals surface area contributed by atoms with Gasteiger partial charge < -0.3 is 10.4 Å². The molecule has 0 aliphatic rings. The molecule has 96 valence electrons. The van der Waals surface area contributed by atoms with Crippen molar-refractivity contribution in [3.8, 4) is 0 Å². The summed E-state index contributed by atoms with van der Waals surface area (Å²) in [5.74, 6) is -1.24. The van der Waals surface area contributed by atoms with Crippen molar-refractivity contribution >= 4 is 23.6 Å². The number of hydrogen-bond donors (Lipinski definition) is 3. The number of hydrogen-bond acceptors (Lipinski definition) is 6. The van der Waals surface area contributed by atoms with Crippen LogP contribution in [0.2, 0.25) is 0 Å². The zero-order chi connectivity index (χ0) is 13.7. The first kappa shape index (κ1) is 12.4. The van der Waals surface area contributed by atoms with Gasteiger partial charge in [-0.3, -0.25) is 5.32 Å². The Kier molecular flexibility index (Phi) is 3.57. The van der Waals surface area contributed by atoms with Crippen LogP contribution in [0.3, 0.4) is 0 Å². The van der Waals surface area contributed by atoms with E-state index >= 15 is 0 Å². The third-order valence-electron chi connectivity index (χ3n) is 1.97. The Balaban J connectivity index is 2.09. The fraction of sp³-hybridized carbons (Fsp3) is 0. The third kappa shape index (κ3) is 3.19. The highest BCUT2D eigenvalue weighted by atomic mass is 16.4. The number of carboxylic acid groups (broad SMARTS) is 1. The van der Waals surface area contributed by atoms with Crippen LogP contribution in [0.5, 0.6) is 0 Å². The molecule has 2 rings (SSSR count). The van der Waals surface area contributed by atoms with Gasteiger partial charge in [-0.2, -0.15) is 5.10 Å². The molecule has 19 heavy (non-hydrogen) atoms. The van der Waals surface area contributed by atoms with Crippen LogP contribution in [-0.4, -0.2) is 37.3 Å². The van der Waals surface area contributed by atoms with Gasteiger partial charge in [-0.25, -0.2) is 19.6 Å². The van der Waals surface area contributed by atoms with Crippen molar-refractivity contribution in [3.63, 3.8) is 0 Å². The van der Waals surface area contributed by atoms with Crippen LogP contribution in [0.25, 0.3) is 0 Å². The molecule has 2 aromatic heterocycles. The molecule has 0 radical (unpaired) electrons. The molecule has 9 nitrogen and oxygen atoms in total. The molecular formula is C10H8N6O3. The SMILES string of the molecule is O=C(Nc1nccnn1)Nc1cccnc1C(=O)O. The zero-order valence-corrected chi connectivity index (χ0v) is 9.44. The summed E-state index contributed by atoms with van der Waals surface area (Å²) >= 11 is 0. The Morgan fingerprint density at radius 2 is 1.95 bits per heavy atom. The number of rotatable bonds is 3. The van der Waals surface area contributed by atoms with Crippen LogP contribution in [0, 0.1) is 0 Å². The molecule has 3 N–H and O–H groups in total. The average molecular weight is 260 g/mol. The molecule has 0 fully saturated rings. The van der Waals surface area contributed by atoms with Gasteiger partial charge in [0.2, 0.25) is 0 Å². The lowest BCUT2D eigenvalue weighted by atomic mass is 10.3. The monoisotopic (exact) mass is 260 g/mol. The quantitative estimate of drug-likeness (QED) is 0.736. The normalized spacial score (nSPS) is 9.68. The maximum atomic E-state index is 11.6. The van der Waals surface area contributed by atoms with Gasteiger partial charge in [-0.1, -0.05) is 0 Å². The van der Waals surface area contributed by atoms with Gasteiger partial charge in [0.05, 0.1) is 18.1 Å². The Labute approximate surface area is 106 Å². The molecule has 0 spiro atoms. The van der Waals surface area contributed by atoms with Crippen LogP contribution in [0.4, 0.5) is 16.4 Å². The van der Waals surface area contributed by atoms with Gasteiger partial charge in [0.15, 0.2) is 5.69 Å². The minimum atomic E-state index is -1.24. The Morgan fingerprint density at radius 3 is 2.63 bits per heavy atom. The predicted octanol–water partition coefficient (Wildman–Crippen LogP) is 0.609. The number of carboxylic acids is 1. The van der Waals surface area contributed by atoms with E-state index in [-0.39, 0.29) is 17.3 Å². The van der Waals surface area contributed by atoms with E-state index in [4.69, 9.17) is 5.11 Å². The molecule has 9 heteroatoms. The lowest BCUT2D eigenvalue weighted by Gasteiger charge is -2.07. The van der Waals surface area contributed by atoms with Crippen LogP contribution in [0.15, 0.2) is 30.7 Å². The lowest BCUT2D eigenvalue weighted by molar-refractivity contribution is 0.0692. The number of carbonyl (C=O) groups excluding carboxylic acids is 1. The average Bonchev–Trinajstić information content (AvgIpc) is 2.40. The smallest absolute Gasteiger partial charge is 0.356 e. The second kappa shape index (κ2) is 5.49. The minimum Gasteiger partial charge on any atom is -0.476 e. The van der Waals surface area contributed by atoms with Crippen molar-refractivity contribution in [2.45, 2.75) is 0 Å². The molecule has 0 aromatic carbocycles. The van der Waals surface area contributed by atoms with Crippen molar-refractivity contribution in [1.82, 2.24) is 20.2 Å². The topological polar surface area (TPSA) is 130 Å². The van der Waals surface area contributed by atoms with Crippen molar-refractivity contribution in [1.29, 1.82) is 0 Å². The highest BCUT2D eigenvalue weighted by Gasteiger charge is 2.13. The maximum Gasteiger partial charge on any atom is 0.356 e. The van der Waals surface area contributed by atoms with Crippen molar-refractivity contribution < 1.29 is 14.7 Å². The third-order valence-corrected chi connectivity index (χ3v) is 1.97. The maximum absolute atomic E-state index is 11.6. The number of nitrogens with one attached hydrogen (secondary N) is 2. The van der Waals surface area contributed by atoms with E-state index in [0.29, 0.717) is 0 Å². The van der Waals surface area contributed by atoms with Crippen LogP contribution in [-0.2, 0) is 0 Å². The number of anilines is 2. The molecule has 0 saturated carbocycles. The van der Waals surface area contributed by atoms with Crippen LogP contribution >= 0.6 is 0 Å². The molecule has 2 aromatic rings. The number of aromatic carboxylic acids is 1. The van der Waals surface area contributed by atoms with Gasteiger partial charge >= 0.3 is 12.0 Å². The van der Waals surface area contributed by atoms with E-state index in [2.05, 4.69) is 30.8 Å². The lowest BCUT2D eigenvalue weighted by Crippen LogP contribution is -2.22. The van der Waals surface area contributed by atoms with Crippen LogP contribution < -0.4 is 10.6 Å². The first-order valence-electron chi connectivity index (χ1n) is 5.07. The number of aromatic nitrogens is 4. The molecule has 0 aliphatic heterocycles. The summed E-state index contributed by atoms with van der Waals surface area (Å²) in [6, 6.07) is 2.23. The van der Waals surface area contributed by atoms with E-state index in [1.54, 1.807) is 0 Å². The highest BCUT2D eigenvalue weighted by Crippen LogP contribution is 2.12. The van der Waals surface area contributed by atoms with Gasteiger partial charge in [0, 0.05) is 6.20 Å². The van der Waals surface area contributed by atoms with Crippen molar-refractivity contribution in [2.75, 3.05) is 10.6 Å². The number of pyridine rings is 1. The van der Waals surface area contributed by atoms with Gasteiger partial charge in [-0.05, 0) is 12.1 Å². The van der Waals surface area contributed by atoms with E-state index in [9.17, 15) is 9.59 Å². The predicted molar refractivity (Wildman–Crippen MR) is 63.7 cm³/mol. The second-order valence-electron chi connectivity index (χ2n) is 3.25. The van der Waals surface area contributed by atoms with Crippen LogP contribution in [0.1, 0.15) is 10.5 Å². The Bertz CT molecular complexity index is 603. The van der Waals surface area contributed by atoms with E-state index in [1.807, 2.05) is 0 Å². The molecule has 0 bridgehead atoms. The number of amides is 2. The number of carbonyl (C=O) groups is 2. The summed E-state index contributed by atoms with van der Waals surface area (Å²) in [6.45, 7) is 0. The summed E-state index contributed by atoms with van der Waals surface area (Å²) in [4.78, 5) is 29.9. The molecular weight excluding hydrogens is 252 g/mol.